The molecule has 1 unspecified atom stereocenters. The summed E-state index contributed by atoms with van der Waals surface area (Å²) in [7, 11) is -4.78. The van der Waals surface area contributed by atoms with E-state index in [1.807, 2.05) is 5.32 Å². The van der Waals surface area contributed by atoms with Gasteiger partial charge >= 0.3 is 12.4 Å². The van der Waals surface area contributed by atoms with E-state index < -0.39 is 80.0 Å². The number of hydrogen-bond donors (Lipinski definition) is 1. The van der Waals surface area contributed by atoms with Crippen LogP contribution in [0.1, 0.15) is 46.8 Å². The van der Waals surface area contributed by atoms with Crippen molar-refractivity contribution >= 4 is 56.4 Å². The monoisotopic (exact) mass is 677 g/mol. The molecular formula is C24H19Cl3F9NO3S. The van der Waals surface area contributed by atoms with Crippen LogP contribution in [0.4, 0.5) is 39.5 Å². The Bertz CT molecular complexity index is 1410. The third-order valence-corrected chi connectivity index (χ3v) is 8.31. The quantitative estimate of drug-likeness (QED) is 0.214. The molecule has 2 aromatic rings. The van der Waals surface area contributed by atoms with Crippen molar-refractivity contribution in [3.8, 4) is 0 Å². The minimum Gasteiger partial charge on any atom is -0.349 e. The molecule has 1 N–H and O–H groups in total. The molecule has 0 saturated carbocycles. The number of alkyl halides is 8. The molecule has 0 fully saturated rings. The van der Waals surface area contributed by atoms with Gasteiger partial charge in [0, 0.05) is 18.5 Å². The number of halogens is 12. The summed E-state index contributed by atoms with van der Waals surface area (Å²) < 4.78 is 146. The number of hydrogen-bond acceptors (Lipinski definition) is 3. The maximum Gasteiger partial charge on any atom is 0.417 e. The maximum absolute atomic E-state index is 15.1. The SMILES string of the molecule is C[C@H](CS(=O)(=O)CC(F)(F)F)NC(=O)c1ccc(/C(F)=C/C(c2cc(Cl)c(Cl)c(Cl)c2)C(C)(F)F)cc1C(F)(F)F. The van der Waals surface area contributed by atoms with Gasteiger partial charge in [0.05, 0.1) is 37.9 Å². The Morgan fingerprint density at radius 2 is 1.51 bits per heavy atom. The van der Waals surface area contributed by atoms with Crippen LogP contribution >= 0.6 is 34.8 Å². The van der Waals surface area contributed by atoms with E-state index >= 15 is 4.39 Å². The number of carbonyl (C=O) groups is 1. The van der Waals surface area contributed by atoms with E-state index in [2.05, 4.69) is 0 Å². The lowest BCUT2D eigenvalue weighted by molar-refractivity contribution is -0.138. The summed E-state index contributed by atoms with van der Waals surface area (Å²) in [6.07, 6.45) is -10.0. The lowest BCUT2D eigenvalue weighted by atomic mass is 9.91. The molecule has 0 bridgehead atoms. The van der Waals surface area contributed by atoms with Crippen molar-refractivity contribution in [3.05, 3.63) is 73.7 Å². The minimum absolute atomic E-state index is 0.165. The molecule has 1 amide bonds. The summed E-state index contributed by atoms with van der Waals surface area (Å²) in [5, 5.41) is 1.20. The molecule has 2 aromatic carbocycles. The molecule has 0 heterocycles. The number of sulfone groups is 1. The summed E-state index contributed by atoms with van der Waals surface area (Å²) in [6.45, 7) is 1.37. The first-order valence-electron chi connectivity index (χ1n) is 11.1. The summed E-state index contributed by atoms with van der Waals surface area (Å²) in [5.74, 6) is -12.3. The zero-order valence-corrected chi connectivity index (χ0v) is 23.8. The highest BCUT2D eigenvalue weighted by Gasteiger charge is 2.39. The fraction of sp³-hybridized carbons (Fsp3) is 0.375. The van der Waals surface area contributed by atoms with Gasteiger partial charge in [0.15, 0.2) is 9.84 Å². The Labute approximate surface area is 243 Å². The normalized spacial score (nSPS) is 15.0. The molecule has 0 aliphatic rings. The van der Waals surface area contributed by atoms with E-state index in [0.29, 0.717) is 25.1 Å². The number of nitrogens with one attached hydrogen (secondary N) is 1. The number of carbonyl (C=O) groups excluding carboxylic acids is 1. The van der Waals surface area contributed by atoms with Gasteiger partial charge in [-0.25, -0.2) is 21.6 Å². The van der Waals surface area contributed by atoms with Crippen molar-refractivity contribution < 1.29 is 52.7 Å². The Balaban J connectivity index is 2.46. The molecule has 4 nitrogen and oxygen atoms in total. The lowest BCUT2D eigenvalue weighted by Crippen LogP contribution is -2.40. The molecule has 17 heteroatoms. The van der Waals surface area contributed by atoms with Crippen LogP contribution in [-0.4, -0.2) is 44.0 Å². The third-order valence-electron chi connectivity index (χ3n) is 5.33. The highest BCUT2D eigenvalue weighted by atomic mass is 35.5. The van der Waals surface area contributed by atoms with Crippen molar-refractivity contribution in [2.75, 3.05) is 11.5 Å². The smallest absolute Gasteiger partial charge is 0.349 e. The fourth-order valence-corrected chi connectivity index (χ4v) is 5.76. The number of allylic oxidation sites excluding steroid dienone is 1. The molecule has 0 aliphatic carbocycles. The standard InChI is InChI=1S/C24H19Cl3F9NO3S/c1-11(9-41(39,40)10-23(31,32)33)37-21(38)14-4-3-12(5-16(14)24(34,35)36)19(28)8-15(22(2,29)30)13-6-17(25)20(27)18(26)7-13/h3-8,11,15H,9-10H2,1-2H3,(H,37,38)/b19-8-/t11-,15?/m1/s1. The van der Waals surface area contributed by atoms with Gasteiger partial charge in [-0.2, -0.15) is 26.3 Å². The summed E-state index contributed by atoms with van der Waals surface area (Å²) in [6, 6.07) is 1.76. The van der Waals surface area contributed by atoms with Gasteiger partial charge in [-0.05, 0) is 42.8 Å². The number of benzene rings is 2. The van der Waals surface area contributed by atoms with Crippen LogP contribution in [0.25, 0.3) is 5.83 Å². The van der Waals surface area contributed by atoms with Gasteiger partial charge in [-0.15, -0.1) is 0 Å². The molecule has 0 aromatic heterocycles. The highest BCUT2D eigenvalue weighted by molar-refractivity contribution is 7.91. The van der Waals surface area contributed by atoms with Gasteiger partial charge < -0.3 is 5.32 Å². The predicted octanol–water partition coefficient (Wildman–Crippen LogP) is 8.51. The van der Waals surface area contributed by atoms with Crippen molar-refractivity contribution in [3.63, 3.8) is 0 Å². The Kier molecular flexibility index (Phi) is 10.8. The first kappa shape index (κ1) is 35.0. The van der Waals surface area contributed by atoms with E-state index in [-0.39, 0.29) is 26.7 Å². The van der Waals surface area contributed by atoms with Gasteiger partial charge in [0.25, 0.3) is 11.8 Å². The summed E-state index contributed by atoms with van der Waals surface area (Å²) in [4.78, 5) is 12.5. The van der Waals surface area contributed by atoms with Crippen LogP contribution in [-0.2, 0) is 16.0 Å². The molecule has 0 saturated heterocycles. The summed E-state index contributed by atoms with van der Waals surface area (Å²) >= 11 is 17.5. The fourth-order valence-electron chi connectivity index (χ4n) is 3.69. The Morgan fingerprint density at radius 3 is 1.98 bits per heavy atom. The molecule has 0 aliphatic heterocycles. The van der Waals surface area contributed by atoms with Gasteiger partial charge in [-0.1, -0.05) is 40.9 Å². The maximum atomic E-state index is 15.1. The van der Waals surface area contributed by atoms with Crippen molar-refractivity contribution in [2.24, 2.45) is 0 Å². The number of amides is 1. The molecule has 41 heavy (non-hydrogen) atoms. The zero-order valence-electron chi connectivity index (χ0n) is 20.7. The molecule has 2 atom stereocenters. The van der Waals surface area contributed by atoms with E-state index in [4.69, 9.17) is 34.8 Å². The molecule has 228 valence electrons. The first-order chi connectivity index (χ1) is 18.4. The lowest BCUT2D eigenvalue weighted by Gasteiger charge is -2.22. The van der Waals surface area contributed by atoms with Crippen LogP contribution in [0.3, 0.4) is 0 Å². The highest BCUT2D eigenvalue weighted by Crippen LogP contribution is 2.42. The Hall–Kier alpha value is -2.16. The van der Waals surface area contributed by atoms with Crippen LogP contribution in [0.5, 0.6) is 0 Å². The van der Waals surface area contributed by atoms with Gasteiger partial charge in [0.1, 0.15) is 11.6 Å². The minimum atomic E-state index is -5.29. The largest absolute Gasteiger partial charge is 0.417 e. The van der Waals surface area contributed by atoms with Crippen LogP contribution in [0.2, 0.25) is 15.1 Å². The van der Waals surface area contributed by atoms with E-state index in [9.17, 15) is 48.3 Å². The molecule has 0 radical (unpaired) electrons. The zero-order chi connectivity index (χ0) is 31.7. The van der Waals surface area contributed by atoms with Crippen LogP contribution < -0.4 is 5.32 Å². The van der Waals surface area contributed by atoms with Crippen molar-refractivity contribution in [2.45, 2.75) is 44.1 Å². The topological polar surface area (TPSA) is 63.2 Å². The van der Waals surface area contributed by atoms with E-state index in [1.165, 1.54) is 0 Å². The van der Waals surface area contributed by atoms with Gasteiger partial charge in [-0.3, -0.25) is 4.79 Å². The van der Waals surface area contributed by atoms with E-state index in [0.717, 1.165) is 19.1 Å². The van der Waals surface area contributed by atoms with Gasteiger partial charge in [0.2, 0.25) is 0 Å². The van der Waals surface area contributed by atoms with Crippen molar-refractivity contribution in [1.29, 1.82) is 0 Å². The molecule has 0 spiro atoms. The molecule has 2 rings (SSSR count). The molecular weight excluding hydrogens is 660 g/mol. The third kappa shape index (κ3) is 9.97. The summed E-state index contributed by atoms with van der Waals surface area (Å²) in [5.41, 5.74) is -4.01. The second kappa shape index (κ2) is 12.6. The number of rotatable bonds is 9. The van der Waals surface area contributed by atoms with Crippen molar-refractivity contribution in [1.82, 2.24) is 5.32 Å². The van der Waals surface area contributed by atoms with Crippen LogP contribution in [0.15, 0.2) is 36.4 Å². The average molecular weight is 679 g/mol. The van der Waals surface area contributed by atoms with E-state index in [1.54, 1.807) is 0 Å². The predicted molar refractivity (Wildman–Crippen MR) is 137 cm³/mol. The van der Waals surface area contributed by atoms with Crippen LogP contribution in [0, 0.1) is 0 Å². The first-order valence-corrected chi connectivity index (χ1v) is 14.1. The second-order valence-corrected chi connectivity index (χ2v) is 12.4. The Morgan fingerprint density at radius 1 is 0.976 bits per heavy atom. The average Bonchev–Trinajstić information content (AvgIpc) is 2.76. The second-order valence-electron chi connectivity index (χ2n) is 9.05.